The number of nitrogens with one attached hydrogen (secondary N) is 1. The van der Waals surface area contributed by atoms with Crippen LogP contribution in [-0.4, -0.2) is 10.5 Å². The van der Waals surface area contributed by atoms with Crippen LogP contribution in [-0.2, 0) is 11.3 Å². The van der Waals surface area contributed by atoms with Gasteiger partial charge in [0.25, 0.3) is 0 Å². The molecule has 114 valence electrons. The van der Waals surface area contributed by atoms with E-state index in [0.717, 1.165) is 0 Å². The van der Waals surface area contributed by atoms with Crippen LogP contribution in [0.15, 0.2) is 51.7 Å². The van der Waals surface area contributed by atoms with Crippen LogP contribution >= 0.6 is 11.6 Å². The van der Waals surface area contributed by atoms with Gasteiger partial charge in [-0.2, -0.15) is 5.26 Å². The van der Waals surface area contributed by atoms with Crippen molar-refractivity contribution in [1.29, 1.82) is 5.26 Å². The number of amides is 1. The van der Waals surface area contributed by atoms with Gasteiger partial charge in [-0.15, -0.1) is 0 Å². The van der Waals surface area contributed by atoms with Gasteiger partial charge in [0.2, 0.25) is 5.91 Å². The minimum absolute atomic E-state index is 0.204. The highest BCUT2D eigenvalue weighted by atomic mass is 35.5. The normalized spacial score (nSPS) is 10.4. The highest BCUT2D eigenvalue weighted by molar-refractivity contribution is 6.31. The number of halogens is 1. The monoisotopic (exact) mass is 327 g/mol. The first-order valence-corrected chi connectivity index (χ1v) is 7.03. The summed E-state index contributed by atoms with van der Waals surface area (Å²) < 4.78 is 6.28. The van der Waals surface area contributed by atoms with E-state index in [1.807, 2.05) is 6.07 Å². The Hall–Kier alpha value is -3.04. The summed E-state index contributed by atoms with van der Waals surface area (Å²) in [6, 6.07) is 13.2. The van der Waals surface area contributed by atoms with Crippen molar-refractivity contribution in [3.63, 3.8) is 0 Å². The molecule has 0 bridgehead atoms. The number of benzene rings is 2. The van der Waals surface area contributed by atoms with Crippen LogP contribution in [0.1, 0.15) is 5.56 Å². The molecule has 0 aliphatic heterocycles. The topological polar surface area (TPSA) is 88.0 Å². The smallest absolute Gasteiger partial charge is 0.408 e. The summed E-state index contributed by atoms with van der Waals surface area (Å²) in [7, 11) is 0. The number of anilines is 1. The van der Waals surface area contributed by atoms with Crippen LogP contribution in [0.25, 0.3) is 11.1 Å². The van der Waals surface area contributed by atoms with Crippen LogP contribution in [0.3, 0.4) is 0 Å². The van der Waals surface area contributed by atoms with Crippen molar-refractivity contribution in [2.24, 2.45) is 0 Å². The Labute approximate surface area is 135 Å². The molecular weight excluding hydrogens is 318 g/mol. The number of fused-ring (bicyclic) bond motifs is 1. The fourth-order valence-electron chi connectivity index (χ4n) is 2.20. The predicted octanol–water partition coefficient (Wildman–Crippen LogP) is 2.76. The van der Waals surface area contributed by atoms with E-state index in [-0.39, 0.29) is 6.54 Å². The second-order valence-electron chi connectivity index (χ2n) is 4.81. The quantitative estimate of drug-likeness (QED) is 0.801. The molecule has 0 saturated heterocycles. The maximum atomic E-state index is 12.1. The molecule has 0 radical (unpaired) electrons. The average Bonchev–Trinajstić information content (AvgIpc) is 2.82. The van der Waals surface area contributed by atoms with Crippen LogP contribution < -0.4 is 11.1 Å². The van der Waals surface area contributed by atoms with E-state index in [1.54, 1.807) is 36.4 Å². The van der Waals surface area contributed by atoms with E-state index in [0.29, 0.717) is 27.4 Å². The van der Waals surface area contributed by atoms with Gasteiger partial charge < -0.3 is 9.73 Å². The van der Waals surface area contributed by atoms with Crippen molar-refractivity contribution in [3.05, 3.63) is 63.6 Å². The Morgan fingerprint density at radius 1 is 1.30 bits per heavy atom. The first kappa shape index (κ1) is 14.9. The molecule has 1 amide bonds. The summed E-state index contributed by atoms with van der Waals surface area (Å²) >= 11 is 5.84. The Balaban J connectivity index is 1.84. The molecule has 0 aliphatic carbocycles. The number of nitrogens with zero attached hydrogens (tertiary/aromatic N) is 2. The number of nitriles is 1. The molecule has 0 fully saturated rings. The maximum absolute atomic E-state index is 12.1. The molecule has 1 aromatic heterocycles. The van der Waals surface area contributed by atoms with Crippen LogP contribution in [0.5, 0.6) is 0 Å². The van der Waals surface area contributed by atoms with Gasteiger partial charge >= 0.3 is 5.76 Å². The largest absolute Gasteiger partial charge is 0.420 e. The molecule has 0 unspecified atom stereocenters. The lowest BCUT2D eigenvalue weighted by molar-refractivity contribution is -0.116. The van der Waals surface area contributed by atoms with E-state index >= 15 is 0 Å². The highest BCUT2D eigenvalue weighted by Crippen LogP contribution is 2.18. The number of carbonyl (C=O) groups is 1. The van der Waals surface area contributed by atoms with Gasteiger partial charge in [-0.05, 0) is 30.3 Å². The van der Waals surface area contributed by atoms with Gasteiger partial charge in [0.15, 0.2) is 5.58 Å². The van der Waals surface area contributed by atoms with Crippen molar-refractivity contribution in [2.45, 2.75) is 6.54 Å². The zero-order valence-electron chi connectivity index (χ0n) is 11.7. The second-order valence-corrected chi connectivity index (χ2v) is 5.24. The summed E-state index contributed by atoms with van der Waals surface area (Å²) in [5, 5.41) is 11.9. The molecule has 1 N–H and O–H groups in total. The first-order valence-electron chi connectivity index (χ1n) is 6.66. The number of carbonyl (C=O) groups excluding carboxylic acids is 1. The summed E-state index contributed by atoms with van der Waals surface area (Å²) in [6.45, 7) is -0.204. The average molecular weight is 328 g/mol. The van der Waals surface area contributed by atoms with Crippen molar-refractivity contribution in [2.75, 3.05) is 5.32 Å². The third kappa shape index (κ3) is 3.10. The molecule has 3 aromatic rings. The molecule has 7 heteroatoms. The number of hydrogen-bond acceptors (Lipinski definition) is 4. The molecule has 2 aromatic carbocycles. The standard InChI is InChI=1S/C16H10ClN3O3/c17-11-4-5-13-14(7-11)23-16(22)20(13)9-15(21)19-12-3-1-2-10(6-12)8-18/h1-7H,9H2,(H,19,21). The lowest BCUT2D eigenvalue weighted by atomic mass is 10.2. The molecule has 0 aliphatic rings. The Bertz CT molecular complexity index is 998. The van der Waals surface area contributed by atoms with Crippen LogP contribution in [0.2, 0.25) is 5.02 Å². The van der Waals surface area contributed by atoms with Crippen LogP contribution in [0, 0.1) is 11.3 Å². The highest BCUT2D eigenvalue weighted by Gasteiger charge is 2.13. The lowest BCUT2D eigenvalue weighted by Gasteiger charge is -2.06. The van der Waals surface area contributed by atoms with Crippen molar-refractivity contribution < 1.29 is 9.21 Å². The summed E-state index contributed by atoms with van der Waals surface area (Å²) in [6.07, 6.45) is 0. The molecular formula is C16H10ClN3O3. The van der Waals surface area contributed by atoms with Crippen molar-refractivity contribution >= 4 is 34.3 Å². The fourth-order valence-corrected chi connectivity index (χ4v) is 2.36. The second kappa shape index (κ2) is 5.99. The SMILES string of the molecule is N#Cc1cccc(NC(=O)Cn2c(=O)oc3cc(Cl)ccc32)c1. The van der Waals surface area contributed by atoms with Gasteiger partial charge in [-0.3, -0.25) is 9.36 Å². The number of rotatable bonds is 3. The molecule has 23 heavy (non-hydrogen) atoms. The Morgan fingerprint density at radius 2 is 2.13 bits per heavy atom. The molecule has 0 atom stereocenters. The summed E-state index contributed by atoms with van der Waals surface area (Å²) in [4.78, 5) is 24.0. The molecule has 6 nitrogen and oxygen atoms in total. The molecule has 0 saturated carbocycles. The lowest BCUT2D eigenvalue weighted by Crippen LogP contribution is -2.24. The number of aromatic nitrogens is 1. The maximum Gasteiger partial charge on any atom is 0.420 e. The number of hydrogen-bond donors (Lipinski definition) is 1. The minimum Gasteiger partial charge on any atom is -0.408 e. The van der Waals surface area contributed by atoms with Crippen molar-refractivity contribution in [1.82, 2.24) is 4.57 Å². The Kier molecular flexibility index (Phi) is 3.87. The van der Waals surface area contributed by atoms with Gasteiger partial charge in [0.05, 0.1) is 17.1 Å². The third-order valence-corrected chi connectivity index (χ3v) is 3.44. The van der Waals surface area contributed by atoms with Gasteiger partial charge in [0, 0.05) is 16.8 Å². The first-order chi connectivity index (χ1) is 11.1. The minimum atomic E-state index is -0.636. The van der Waals surface area contributed by atoms with E-state index < -0.39 is 11.7 Å². The van der Waals surface area contributed by atoms with Gasteiger partial charge in [0.1, 0.15) is 6.54 Å². The Morgan fingerprint density at radius 3 is 2.91 bits per heavy atom. The third-order valence-electron chi connectivity index (χ3n) is 3.21. The fraction of sp³-hybridized carbons (Fsp3) is 0.0625. The predicted molar refractivity (Wildman–Crippen MR) is 85.3 cm³/mol. The van der Waals surface area contributed by atoms with Crippen molar-refractivity contribution in [3.8, 4) is 6.07 Å². The molecule has 1 heterocycles. The van der Waals surface area contributed by atoms with E-state index in [2.05, 4.69) is 5.32 Å². The van der Waals surface area contributed by atoms with E-state index in [9.17, 15) is 9.59 Å². The number of oxazole rings is 1. The summed E-state index contributed by atoms with van der Waals surface area (Å²) in [5.41, 5.74) is 1.73. The van der Waals surface area contributed by atoms with Crippen LogP contribution in [0.4, 0.5) is 5.69 Å². The van der Waals surface area contributed by atoms with Gasteiger partial charge in [-0.25, -0.2) is 4.79 Å². The van der Waals surface area contributed by atoms with E-state index in [4.69, 9.17) is 21.3 Å². The van der Waals surface area contributed by atoms with Gasteiger partial charge in [-0.1, -0.05) is 17.7 Å². The summed E-state index contributed by atoms with van der Waals surface area (Å²) in [5.74, 6) is -1.04. The molecule has 3 rings (SSSR count). The molecule has 0 spiro atoms. The zero-order chi connectivity index (χ0) is 16.4. The zero-order valence-corrected chi connectivity index (χ0v) is 12.5. The van der Waals surface area contributed by atoms with E-state index in [1.165, 1.54) is 10.6 Å².